The Morgan fingerprint density at radius 2 is 1.89 bits per heavy atom. The maximum absolute atomic E-state index is 6.08. The van der Waals surface area contributed by atoms with E-state index in [9.17, 15) is 0 Å². The lowest BCUT2D eigenvalue weighted by Gasteiger charge is -2.11. The number of imidazole rings is 1. The van der Waals surface area contributed by atoms with E-state index in [1.165, 1.54) is 11.1 Å². The van der Waals surface area contributed by atoms with Gasteiger partial charge in [0.25, 0.3) is 0 Å². The van der Waals surface area contributed by atoms with Crippen molar-refractivity contribution in [2.75, 3.05) is 46.7 Å². The standard InChI is InChI=1S/C19H27BrN6O2/c1-25(2)11-13-5-4-6-14(8-7-13)12-26-17-15(22-18(26)20)16(21)23-19(24-17)28-10-9-27-3/h7-8H,4-6,9-12H2,1-3H3,(H2,21,23,24). The molecule has 0 amide bonds. The molecule has 0 aliphatic heterocycles. The number of rotatable bonds is 8. The van der Waals surface area contributed by atoms with Crippen molar-refractivity contribution in [3.05, 3.63) is 28.0 Å². The van der Waals surface area contributed by atoms with Gasteiger partial charge in [0.05, 0.1) is 6.61 Å². The molecule has 0 saturated carbocycles. The number of allylic oxidation sites excluding steroid dienone is 3. The van der Waals surface area contributed by atoms with Gasteiger partial charge in [0.15, 0.2) is 21.7 Å². The molecular weight excluding hydrogens is 424 g/mol. The lowest BCUT2D eigenvalue weighted by molar-refractivity contribution is 0.141. The van der Waals surface area contributed by atoms with Crippen LogP contribution in [0.2, 0.25) is 0 Å². The van der Waals surface area contributed by atoms with Crippen molar-refractivity contribution in [1.29, 1.82) is 0 Å². The molecule has 9 heteroatoms. The zero-order valence-electron chi connectivity index (χ0n) is 16.6. The minimum absolute atomic E-state index is 0.235. The molecule has 0 aromatic carbocycles. The number of hydrogen-bond donors (Lipinski definition) is 1. The fourth-order valence-electron chi connectivity index (χ4n) is 3.21. The molecule has 2 N–H and O–H groups in total. The molecule has 1 aliphatic rings. The SMILES string of the molecule is COCCOc1nc(N)c2nc(Br)n(CC3=CC=C(CN(C)C)CCC3)c2n1. The van der Waals surface area contributed by atoms with E-state index in [1.807, 2.05) is 4.57 Å². The van der Waals surface area contributed by atoms with E-state index in [2.05, 4.69) is 62.0 Å². The minimum atomic E-state index is 0.235. The summed E-state index contributed by atoms with van der Waals surface area (Å²) in [5.41, 5.74) is 10.1. The van der Waals surface area contributed by atoms with Crippen LogP contribution in [0.3, 0.4) is 0 Å². The average Bonchev–Trinajstić information content (AvgIpc) is 2.80. The fraction of sp³-hybridized carbons (Fsp3) is 0.526. The van der Waals surface area contributed by atoms with Gasteiger partial charge in [-0.3, -0.25) is 4.57 Å². The van der Waals surface area contributed by atoms with E-state index in [-0.39, 0.29) is 6.01 Å². The topological polar surface area (TPSA) is 91.3 Å². The molecule has 0 atom stereocenters. The average molecular weight is 451 g/mol. The molecule has 1 aliphatic carbocycles. The van der Waals surface area contributed by atoms with Crippen LogP contribution < -0.4 is 10.5 Å². The summed E-state index contributed by atoms with van der Waals surface area (Å²) < 4.78 is 13.2. The maximum Gasteiger partial charge on any atom is 0.320 e. The first kappa shape index (κ1) is 20.8. The Hall–Kier alpha value is -1.97. The molecule has 2 aromatic rings. The van der Waals surface area contributed by atoms with E-state index in [1.54, 1.807) is 7.11 Å². The number of halogens is 1. The fourth-order valence-corrected chi connectivity index (χ4v) is 3.68. The predicted molar refractivity (Wildman–Crippen MR) is 113 cm³/mol. The molecule has 0 spiro atoms. The zero-order chi connectivity index (χ0) is 20.1. The molecule has 0 unspecified atom stereocenters. The van der Waals surface area contributed by atoms with E-state index >= 15 is 0 Å². The molecule has 152 valence electrons. The minimum Gasteiger partial charge on any atom is -0.461 e. The Labute approximate surface area is 173 Å². The van der Waals surface area contributed by atoms with E-state index in [0.29, 0.717) is 41.5 Å². The van der Waals surface area contributed by atoms with Crippen LogP contribution >= 0.6 is 15.9 Å². The molecule has 2 aromatic heterocycles. The second-order valence-corrected chi connectivity index (χ2v) is 7.82. The van der Waals surface area contributed by atoms with Crippen molar-refractivity contribution >= 4 is 32.9 Å². The summed E-state index contributed by atoms with van der Waals surface area (Å²) in [4.78, 5) is 15.4. The van der Waals surface area contributed by atoms with Crippen molar-refractivity contribution < 1.29 is 9.47 Å². The first-order valence-corrected chi connectivity index (χ1v) is 10.1. The Bertz CT molecular complexity index is 890. The van der Waals surface area contributed by atoms with Crippen LogP contribution in [0.1, 0.15) is 19.3 Å². The third-order valence-electron chi connectivity index (χ3n) is 4.50. The second-order valence-electron chi connectivity index (χ2n) is 7.11. The number of aromatic nitrogens is 4. The third-order valence-corrected chi connectivity index (χ3v) is 5.11. The summed E-state index contributed by atoms with van der Waals surface area (Å²) in [5.74, 6) is 0.305. The summed E-state index contributed by atoms with van der Waals surface area (Å²) in [6.07, 6.45) is 7.77. The van der Waals surface area contributed by atoms with Crippen molar-refractivity contribution in [2.24, 2.45) is 0 Å². The zero-order valence-corrected chi connectivity index (χ0v) is 18.2. The van der Waals surface area contributed by atoms with Crippen LogP contribution in [0.5, 0.6) is 6.01 Å². The molecular formula is C19H27BrN6O2. The monoisotopic (exact) mass is 450 g/mol. The van der Waals surface area contributed by atoms with Crippen LogP contribution in [0.15, 0.2) is 28.0 Å². The van der Waals surface area contributed by atoms with Gasteiger partial charge < -0.3 is 20.1 Å². The highest BCUT2D eigenvalue weighted by Gasteiger charge is 2.17. The summed E-state index contributed by atoms with van der Waals surface area (Å²) in [6, 6.07) is 0.235. The van der Waals surface area contributed by atoms with E-state index < -0.39 is 0 Å². The second kappa shape index (κ2) is 9.49. The quantitative estimate of drug-likeness (QED) is 0.488. The van der Waals surface area contributed by atoms with Crippen LogP contribution in [0.4, 0.5) is 5.82 Å². The highest BCUT2D eigenvalue weighted by Crippen LogP contribution is 2.27. The third kappa shape index (κ3) is 5.09. The predicted octanol–water partition coefficient (Wildman–Crippen LogP) is 2.79. The molecule has 0 radical (unpaired) electrons. The van der Waals surface area contributed by atoms with Gasteiger partial charge in [0.1, 0.15) is 6.61 Å². The largest absolute Gasteiger partial charge is 0.461 e. The summed E-state index contributed by atoms with van der Waals surface area (Å²) in [6.45, 7) is 2.50. The lowest BCUT2D eigenvalue weighted by atomic mass is 10.1. The summed E-state index contributed by atoms with van der Waals surface area (Å²) in [5, 5.41) is 0. The van der Waals surface area contributed by atoms with Gasteiger partial charge in [0.2, 0.25) is 0 Å². The van der Waals surface area contributed by atoms with Crippen molar-refractivity contribution in [3.63, 3.8) is 0 Å². The molecule has 3 rings (SSSR count). The molecule has 28 heavy (non-hydrogen) atoms. The number of ether oxygens (including phenoxy) is 2. The van der Waals surface area contributed by atoms with Crippen molar-refractivity contribution in [1.82, 2.24) is 24.4 Å². The van der Waals surface area contributed by atoms with Crippen molar-refractivity contribution in [3.8, 4) is 6.01 Å². The number of hydrogen-bond acceptors (Lipinski definition) is 7. The molecule has 2 heterocycles. The van der Waals surface area contributed by atoms with Gasteiger partial charge in [0, 0.05) is 20.2 Å². The van der Waals surface area contributed by atoms with Gasteiger partial charge in [-0.15, -0.1) is 0 Å². The van der Waals surface area contributed by atoms with Gasteiger partial charge in [-0.2, -0.15) is 9.97 Å². The molecule has 0 bridgehead atoms. The molecule has 8 nitrogen and oxygen atoms in total. The van der Waals surface area contributed by atoms with Crippen LogP contribution in [-0.2, 0) is 11.3 Å². The highest BCUT2D eigenvalue weighted by atomic mass is 79.9. The Kier molecular flexibility index (Phi) is 7.03. The highest BCUT2D eigenvalue weighted by molar-refractivity contribution is 9.10. The number of anilines is 1. The van der Waals surface area contributed by atoms with Gasteiger partial charge in [-0.05, 0) is 49.3 Å². The first-order valence-electron chi connectivity index (χ1n) is 9.31. The van der Waals surface area contributed by atoms with Crippen LogP contribution in [0, 0.1) is 0 Å². The summed E-state index contributed by atoms with van der Waals surface area (Å²) in [7, 11) is 5.82. The number of nitrogens with zero attached hydrogens (tertiary/aromatic N) is 5. The molecule has 0 fully saturated rings. The van der Waals surface area contributed by atoms with Gasteiger partial charge in [-0.25, -0.2) is 4.98 Å². The smallest absolute Gasteiger partial charge is 0.320 e. The Morgan fingerprint density at radius 1 is 1.14 bits per heavy atom. The van der Waals surface area contributed by atoms with Crippen molar-refractivity contribution in [2.45, 2.75) is 25.8 Å². The number of likely N-dealkylation sites (N-methyl/N-ethyl adjacent to an activating group) is 1. The number of fused-ring (bicyclic) bond motifs is 1. The normalized spacial score (nSPS) is 14.9. The Balaban J connectivity index is 1.86. The van der Waals surface area contributed by atoms with Crippen LogP contribution in [0.25, 0.3) is 11.2 Å². The number of nitrogen functional groups attached to an aromatic ring is 1. The van der Waals surface area contributed by atoms with Gasteiger partial charge in [-0.1, -0.05) is 23.3 Å². The van der Waals surface area contributed by atoms with E-state index in [4.69, 9.17) is 15.2 Å². The first-order chi connectivity index (χ1) is 13.5. The van der Waals surface area contributed by atoms with Gasteiger partial charge >= 0.3 is 6.01 Å². The maximum atomic E-state index is 6.08. The molecule has 0 saturated heterocycles. The lowest BCUT2D eigenvalue weighted by Crippen LogP contribution is -2.14. The number of nitrogens with two attached hydrogens (primary N) is 1. The summed E-state index contributed by atoms with van der Waals surface area (Å²) >= 11 is 3.54. The van der Waals surface area contributed by atoms with Crippen LogP contribution in [-0.4, -0.2) is 65.4 Å². The number of methoxy groups -OCH3 is 1. The Morgan fingerprint density at radius 3 is 2.64 bits per heavy atom. The van der Waals surface area contributed by atoms with E-state index in [0.717, 1.165) is 25.8 Å².